The minimum Gasteiger partial charge on any atom is -0.406 e. The first-order chi connectivity index (χ1) is 7.42. The number of rotatable bonds is 4. The van der Waals surface area contributed by atoms with E-state index in [1.807, 2.05) is 6.92 Å². The van der Waals surface area contributed by atoms with Gasteiger partial charge in [-0.25, -0.2) is 0 Å². The van der Waals surface area contributed by atoms with Crippen molar-refractivity contribution in [1.82, 2.24) is 0 Å². The van der Waals surface area contributed by atoms with Gasteiger partial charge in [0.2, 0.25) is 0 Å². The predicted octanol–water partition coefficient (Wildman–Crippen LogP) is 4.16. The molecule has 0 spiro atoms. The Kier molecular flexibility index (Phi) is 4.65. The molecule has 0 radical (unpaired) electrons. The third kappa shape index (κ3) is 4.43. The van der Waals surface area contributed by atoms with Gasteiger partial charge in [0.15, 0.2) is 0 Å². The van der Waals surface area contributed by atoms with Gasteiger partial charge >= 0.3 is 6.36 Å². The van der Waals surface area contributed by atoms with Crippen molar-refractivity contribution in [3.63, 3.8) is 0 Å². The van der Waals surface area contributed by atoms with E-state index in [2.05, 4.69) is 20.7 Å². The average Bonchev–Trinajstić information content (AvgIpc) is 2.18. The molecule has 0 heterocycles. The number of hydrogen-bond donors (Lipinski definition) is 0. The second-order valence-electron chi connectivity index (χ2n) is 3.62. The molecule has 1 aromatic carbocycles. The molecule has 1 aromatic rings. The molecule has 1 nitrogen and oxygen atoms in total. The van der Waals surface area contributed by atoms with E-state index >= 15 is 0 Å². The number of para-hydroxylation sites is 1. The molecule has 1 atom stereocenters. The second kappa shape index (κ2) is 5.57. The van der Waals surface area contributed by atoms with Gasteiger partial charge in [0.1, 0.15) is 5.75 Å². The maximum Gasteiger partial charge on any atom is 0.573 e. The zero-order valence-corrected chi connectivity index (χ0v) is 10.3. The molecule has 0 bridgehead atoms. The van der Waals surface area contributed by atoms with Crippen molar-refractivity contribution < 1.29 is 17.9 Å². The van der Waals surface area contributed by atoms with Crippen LogP contribution in [-0.4, -0.2) is 11.7 Å². The van der Waals surface area contributed by atoms with Crippen LogP contribution in [0.1, 0.15) is 12.5 Å². The topological polar surface area (TPSA) is 9.23 Å². The third-order valence-electron chi connectivity index (χ3n) is 2.03. The first kappa shape index (κ1) is 13.4. The molecular weight excluding hydrogens is 285 g/mol. The van der Waals surface area contributed by atoms with E-state index in [0.29, 0.717) is 12.0 Å². The molecule has 0 saturated carbocycles. The van der Waals surface area contributed by atoms with Gasteiger partial charge in [-0.15, -0.1) is 13.2 Å². The summed E-state index contributed by atoms with van der Waals surface area (Å²) in [6.07, 6.45) is -4.08. The Bertz CT molecular complexity index is 338. The molecule has 0 aromatic heterocycles. The SMILES string of the molecule is CC(CBr)Cc1ccccc1OC(F)(F)F. The van der Waals surface area contributed by atoms with Crippen molar-refractivity contribution in [3.8, 4) is 5.75 Å². The van der Waals surface area contributed by atoms with Crippen LogP contribution < -0.4 is 4.74 Å². The second-order valence-corrected chi connectivity index (χ2v) is 4.27. The largest absolute Gasteiger partial charge is 0.573 e. The van der Waals surface area contributed by atoms with E-state index in [-0.39, 0.29) is 11.7 Å². The number of hydrogen-bond acceptors (Lipinski definition) is 1. The summed E-state index contributed by atoms with van der Waals surface area (Å²) in [6.45, 7) is 1.96. The Labute approximate surface area is 101 Å². The molecule has 16 heavy (non-hydrogen) atoms. The summed E-state index contributed by atoms with van der Waals surface area (Å²) in [5.74, 6) is 0.154. The number of alkyl halides is 4. The molecule has 0 amide bonds. The number of benzene rings is 1. The fourth-order valence-corrected chi connectivity index (χ4v) is 1.56. The van der Waals surface area contributed by atoms with E-state index < -0.39 is 6.36 Å². The van der Waals surface area contributed by atoms with Crippen LogP contribution in [0.2, 0.25) is 0 Å². The monoisotopic (exact) mass is 296 g/mol. The van der Waals surface area contributed by atoms with Gasteiger partial charge in [0.05, 0.1) is 0 Å². The van der Waals surface area contributed by atoms with Crippen LogP contribution in [0, 0.1) is 5.92 Å². The quantitative estimate of drug-likeness (QED) is 0.758. The maximum absolute atomic E-state index is 12.1. The van der Waals surface area contributed by atoms with Crippen molar-refractivity contribution in [1.29, 1.82) is 0 Å². The van der Waals surface area contributed by atoms with Crippen molar-refractivity contribution >= 4 is 15.9 Å². The first-order valence-corrected chi connectivity index (χ1v) is 5.94. The average molecular weight is 297 g/mol. The van der Waals surface area contributed by atoms with Crippen LogP contribution in [0.3, 0.4) is 0 Å². The van der Waals surface area contributed by atoms with E-state index in [0.717, 1.165) is 5.33 Å². The van der Waals surface area contributed by atoms with Crippen molar-refractivity contribution in [2.45, 2.75) is 19.7 Å². The van der Waals surface area contributed by atoms with Gasteiger partial charge in [-0.3, -0.25) is 0 Å². The first-order valence-electron chi connectivity index (χ1n) is 4.82. The Morgan fingerprint density at radius 1 is 1.31 bits per heavy atom. The van der Waals surface area contributed by atoms with Crippen LogP contribution in [-0.2, 0) is 6.42 Å². The van der Waals surface area contributed by atoms with Gasteiger partial charge in [-0.1, -0.05) is 41.1 Å². The van der Waals surface area contributed by atoms with Crippen molar-refractivity contribution in [2.75, 3.05) is 5.33 Å². The molecule has 0 aliphatic heterocycles. The van der Waals surface area contributed by atoms with Gasteiger partial charge in [-0.2, -0.15) is 0 Å². The predicted molar refractivity (Wildman–Crippen MR) is 59.8 cm³/mol. The molecule has 0 saturated heterocycles. The lowest BCUT2D eigenvalue weighted by molar-refractivity contribution is -0.274. The highest BCUT2D eigenvalue weighted by Crippen LogP contribution is 2.28. The summed E-state index contributed by atoms with van der Waals surface area (Å²) in [5.41, 5.74) is 0.576. The Hall–Kier alpha value is -0.710. The lowest BCUT2D eigenvalue weighted by atomic mass is 10.0. The number of ether oxygens (including phenoxy) is 1. The molecule has 1 rings (SSSR count). The van der Waals surface area contributed by atoms with E-state index in [4.69, 9.17) is 0 Å². The fourth-order valence-electron chi connectivity index (χ4n) is 1.33. The molecule has 0 fully saturated rings. The Morgan fingerprint density at radius 3 is 2.50 bits per heavy atom. The zero-order valence-electron chi connectivity index (χ0n) is 8.72. The van der Waals surface area contributed by atoms with Crippen LogP contribution in [0.4, 0.5) is 13.2 Å². The highest BCUT2D eigenvalue weighted by atomic mass is 79.9. The molecular formula is C11H12BrF3O. The molecule has 0 aliphatic rings. The van der Waals surface area contributed by atoms with Gasteiger partial charge in [-0.05, 0) is 24.0 Å². The van der Waals surface area contributed by atoms with Crippen LogP contribution in [0.25, 0.3) is 0 Å². The van der Waals surface area contributed by atoms with E-state index in [9.17, 15) is 13.2 Å². The Morgan fingerprint density at radius 2 is 1.94 bits per heavy atom. The van der Waals surface area contributed by atoms with Gasteiger partial charge in [0, 0.05) is 5.33 Å². The minimum atomic E-state index is -4.63. The summed E-state index contributed by atoms with van der Waals surface area (Å²) >= 11 is 3.30. The smallest absolute Gasteiger partial charge is 0.406 e. The summed E-state index contributed by atoms with van der Waals surface area (Å²) < 4.78 is 40.3. The molecule has 5 heteroatoms. The highest BCUT2D eigenvalue weighted by Gasteiger charge is 2.31. The van der Waals surface area contributed by atoms with E-state index in [1.165, 1.54) is 12.1 Å². The van der Waals surface area contributed by atoms with Crippen molar-refractivity contribution in [2.24, 2.45) is 5.92 Å². The standard InChI is InChI=1S/C11H12BrF3O/c1-8(7-12)6-9-4-2-3-5-10(9)16-11(13,14)15/h2-5,8H,6-7H2,1H3. The summed E-state index contributed by atoms with van der Waals surface area (Å²) in [4.78, 5) is 0. The number of halogens is 4. The molecule has 0 aliphatic carbocycles. The van der Waals surface area contributed by atoms with Crippen LogP contribution >= 0.6 is 15.9 Å². The van der Waals surface area contributed by atoms with Gasteiger partial charge in [0.25, 0.3) is 0 Å². The van der Waals surface area contributed by atoms with Gasteiger partial charge < -0.3 is 4.74 Å². The summed E-state index contributed by atoms with van der Waals surface area (Å²) in [6, 6.07) is 6.23. The maximum atomic E-state index is 12.1. The fraction of sp³-hybridized carbons (Fsp3) is 0.455. The minimum absolute atomic E-state index is 0.109. The zero-order chi connectivity index (χ0) is 12.2. The Balaban J connectivity index is 2.83. The van der Waals surface area contributed by atoms with Crippen LogP contribution in [0.15, 0.2) is 24.3 Å². The summed E-state index contributed by atoms with van der Waals surface area (Å²) in [7, 11) is 0. The van der Waals surface area contributed by atoms with Crippen molar-refractivity contribution in [3.05, 3.63) is 29.8 Å². The molecule has 0 N–H and O–H groups in total. The molecule has 90 valence electrons. The molecule has 1 unspecified atom stereocenters. The normalized spacial score (nSPS) is 13.6. The summed E-state index contributed by atoms with van der Waals surface area (Å²) in [5, 5.41) is 0.743. The third-order valence-corrected chi connectivity index (χ3v) is 3.14. The lowest BCUT2D eigenvalue weighted by Gasteiger charge is -2.14. The lowest BCUT2D eigenvalue weighted by Crippen LogP contribution is -2.18. The highest BCUT2D eigenvalue weighted by molar-refractivity contribution is 9.09. The van der Waals surface area contributed by atoms with Crippen LogP contribution in [0.5, 0.6) is 5.75 Å². The van der Waals surface area contributed by atoms with E-state index in [1.54, 1.807) is 12.1 Å².